The summed E-state index contributed by atoms with van der Waals surface area (Å²) in [5.41, 5.74) is 7.22. The van der Waals surface area contributed by atoms with Crippen LogP contribution in [0.3, 0.4) is 0 Å². The van der Waals surface area contributed by atoms with Gasteiger partial charge in [-0.15, -0.1) is 0 Å². The van der Waals surface area contributed by atoms with Crippen molar-refractivity contribution in [2.45, 2.75) is 31.9 Å². The maximum atomic E-state index is 11.4. The number of hydrogen-bond acceptors (Lipinski definition) is 3. The molecule has 1 saturated heterocycles. The van der Waals surface area contributed by atoms with Gasteiger partial charge in [-0.2, -0.15) is 0 Å². The minimum Gasteiger partial charge on any atom is -0.389 e. The Morgan fingerprint density at radius 3 is 2.89 bits per heavy atom. The van der Waals surface area contributed by atoms with Gasteiger partial charge < -0.3 is 15.7 Å². The lowest BCUT2D eigenvalue weighted by Gasteiger charge is -2.25. The zero-order valence-electron chi connectivity index (χ0n) is 10.3. The molecule has 1 aliphatic heterocycles. The fourth-order valence-corrected chi connectivity index (χ4v) is 3.10. The van der Waals surface area contributed by atoms with Crippen molar-refractivity contribution in [2.75, 3.05) is 11.4 Å². The first-order valence-electron chi connectivity index (χ1n) is 6.04. The number of nitrogens with zero attached hydrogens (tertiary/aromatic N) is 1. The molecule has 1 amide bonds. The van der Waals surface area contributed by atoms with E-state index in [1.165, 1.54) is 0 Å². The van der Waals surface area contributed by atoms with Gasteiger partial charge >= 0.3 is 0 Å². The van der Waals surface area contributed by atoms with Gasteiger partial charge in [0.2, 0.25) is 5.91 Å². The van der Waals surface area contributed by atoms with Gasteiger partial charge in [0.15, 0.2) is 0 Å². The van der Waals surface area contributed by atoms with E-state index < -0.39 is 6.10 Å². The molecule has 18 heavy (non-hydrogen) atoms. The minimum atomic E-state index is -0.515. The van der Waals surface area contributed by atoms with Crippen LogP contribution in [0.1, 0.15) is 31.4 Å². The molecule has 0 aliphatic carbocycles. The van der Waals surface area contributed by atoms with E-state index in [0.29, 0.717) is 0 Å². The predicted octanol–water partition coefficient (Wildman–Crippen LogP) is 1.96. The molecular formula is C13H17BrN2O2. The first kappa shape index (κ1) is 13.4. The lowest BCUT2D eigenvalue weighted by Crippen LogP contribution is -2.40. The van der Waals surface area contributed by atoms with Gasteiger partial charge in [0.05, 0.1) is 6.10 Å². The van der Waals surface area contributed by atoms with E-state index >= 15 is 0 Å². The molecule has 1 aliphatic rings. The maximum absolute atomic E-state index is 11.4. The molecule has 4 nitrogen and oxygen atoms in total. The Kier molecular flexibility index (Phi) is 3.92. The van der Waals surface area contributed by atoms with Crippen molar-refractivity contribution in [3.8, 4) is 0 Å². The van der Waals surface area contributed by atoms with Crippen molar-refractivity contribution in [2.24, 2.45) is 5.73 Å². The van der Waals surface area contributed by atoms with Gasteiger partial charge in [-0.1, -0.05) is 22.0 Å². The van der Waals surface area contributed by atoms with Crippen LogP contribution in [-0.4, -0.2) is 23.6 Å². The van der Waals surface area contributed by atoms with E-state index in [2.05, 4.69) is 15.9 Å². The summed E-state index contributed by atoms with van der Waals surface area (Å²) in [7, 11) is 0. The van der Waals surface area contributed by atoms with Crippen molar-refractivity contribution in [3.05, 3.63) is 28.2 Å². The zero-order valence-corrected chi connectivity index (χ0v) is 11.9. The Balaban J connectivity index is 2.29. The molecule has 0 bridgehead atoms. The Morgan fingerprint density at radius 1 is 1.61 bits per heavy atom. The molecule has 1 aromatic rings. The lowest BCUT2D eigenvalue weighted by molar-refractivity contribution is -0.119. The number of aliphatic hydroxyl groups is 1. The second kappa shape index (κ2) is 5.28. The number of hydrogen-bond donors (Lipinski definition) is 2. The van der Waals surface area contributed by atoms with E-state index in [1.807, 2.05) is 23.1 Å². The molecule has 0 saturated carbocycles. The number of aliphatic hydroxyl groups excluding tert-OH is 1. The average molecular weight is 313 g/mol. The number of carbonyl (C=O) groups is 1. The highest BCUT2D eigenvalue weighted by atomic mass is 79.9. The van der Waals surface area contributed by atoms with Crippen LogP contribution in [0.2, 0.25) is 0 Å². The predicted molar refractivity (Wildman–Crippen MR) is 74.3 cm³/mol. The van der Waals surface area contributed by atoms with Crippen LogP contribution in [-0.2, 0) is 4.79 Å². The average Bonchev–Trinajstić information content (AvgIpc) is 2.77. The molecule has 1 aromatic carbocycles. The van der Waals surface area contributed by atoms with Crippen LogP contribution >= 0.6 is 15.9 Å². The molecule has 0 radical (unpaired) electrons. The van der Waals surface area contributed by atoms with Crippen LogP contribution < -0.4 is 10.6 Å². The highest BCUT2D eigenvalue weighted by molar-refractivity contribution is 9.10. The Morgan fingerprint density at radius 2 is 2.33 bits per heavy atom. The van der Waals surface area contributed by atoms with Crippen LogP contribution in [0.15, 0.2) is 22.7 Å². The second-order valence-corrected chi connectivity index (χ2v) is 5.49. The van der Waals surface area contributed by atoms with Gasteiger partial charge in [-0.05, 0) is 37.5 Å². The molecule has 2 atom stereocenters. The Bertz CT molecular complexity index is 462. The zero-order chi connectivity index (χ0) is 13.3. The van der Waals surface area contributed by atoms with Crippen molar-refractivity contribution < 1.29 is 9.90 Å². The highest BCUT2D eigenvalue weighted by Crippen LogP contribution is 2.31. The molecule has 0 spiro atoms. The largest absolute Gasteiger partial charge is 0.389 e. The first-order valence-corrected chi connectivity index (χ1v) is 6.83. The van der Waals surface area contributed by atoms with Crippen LogP contribution in [0.5, 0.6) is 0 Å². The molecule has 0 aromatic heterocycles. The number of benzene rings is 1. The number of halogens is 1. The molecule has 1 heterocycles. The quantitative estimate of drug-likeness (QED) is 0.896. The fourth-order valence-electron chi connectivity index (χ4n) is 2.41. The van der Waals surface area contributed by atoms with Gasteiger partial charge in [-0.3, -0.25) is 4.79 Å². The number of rotatable bonds is 3. The van der Waals surface area contributed by atoms with E-state index in [-0.39, 0.29) is 11.9 Å². The van der Waals surface area contributed by atoms with E-state index in [1.54, 1.807) is 6.92 Å². The number of nitrogens with two attached hydrogens (primary N) is 1. The molecule has 1 unspecified atom stereocenters. The van der Waals surface area contributed by atoms with Crippen LogP contribution in [0.4, 0.5) is 5.69 Å². The maximum Gasteiger partial charge on any atom is 0.240 e. The summed E-state index contributed by atoms with van der Waals surface area (Å²) in [6.45, 7) is 2.57. The van der Waals surface area contributed by atoms with Gasteiger partial charge in [0, 0.05) is 16.7 Å². The third-order valence-electron chi connectivity index (χ3n) is 3.35. The molecule has 5 heteroatoms. The normalized spacial score (nSPS) is 21.1. The minimum absolute atomic E-state index is 0.214. The Hall–Kier alpha value is -1.07. The van der Waals surface area contributed by atoms with Gasteiger partial charge in [0.25, 0.3) is 0 Å². The second-order valence-electron chi connectivity index (χ2n) is 4.64. The summed E-state index contributed by atoms with van der Waals surface area (Å²) in [6, 6.07) is 5.52. The van der Waals surface area contributed by atoms with Crippen LogP contribution in [0, 0.1) is 0 Å². The van der Waals surface area contributed by atoms with Gasteiger partial charge in [0.1, 0.15) is 6.04 Å². The monoisotopic (exact) mass is 312 g/mol. The highest BCUT2D eigenvalue weighted by Gasteiger charge is 2.29. The van der Waals surface area contributed by atoms with E-state index in [0.717, 1.165) is 35.1 Å². The number of amides is 1. The molecule has 2 rings (SSSR count). The number of carbonyl (C=O) groups excluding carboxylic acids is 1. The summed E-state index contributed by atoms with van der Waals surface area (Å²) >= 11 is 3.45. The number of primary amides is 1. The number of anilines is 1. The molecule has 98 valence electrons. The van der Waals surface area contributed by atoms with E-state index in [4.69, 9.17) is 5.73 Å². The summed E-state index contributed by atoms with van der Waals surface area (Å²) in [4.78, 5) is 13.4. The standard InChI is InChI=1S/C13H17BrN2O2/c1-8(17)10-5-4-9(7-11(10)14)16-6-2-3-12(16)13(15)18/h4-5,7-8,12,17H,2-3,6H2,1H3,(H2,15,18)/t8-,12?/m0/s1. The van der Waals surface area contributed by atoms with Crippen molar-refractivity contribution >= 4 is 27.5 Å². The lowest BCUT2D eigenvalue weighted by atomic mass is 10.1. The topological polar surface area (TPSA) is 66.6 Å². The fraction of sp³-hybridized carbons (Fsp3) is 0.462. The molecular weight excluding hydrogens is 296 g/mol. The summed E-state index contributed by atoms with van der Waals surface area (Å²) < 4.78 is 0.852. The smallest absolute Gasteiger partial charge is 0.240 e. The van der Waals surface area contributed by atoms with Crippen molar-refractivity contribution in [3.63, 3.8) is 0 Å². The summed E-state index contributed by atoms with van der Waals surface area (Å²) in [6.07, 6.45) is 1.27. The molecule has 1 fully saturated rings. The van der Waals surface area contributed by atoms with Crippen molar-refractivity contribution in [1.29, 1.82) is 0 Å². The van der Waals surface area contributed by atoms with E-state index in [9.17, 15) is 9.90 Å². The van der Waals surface area contributed by atoms with Crippen LogP contribution in [0.25, 0.3) is 0 Å². The third kappa shape index (κ3) is 2.52. The SMILES string of the molecule is C[C@H](O)c1ccc(N2CCCC2C(N)=O)cc1Br. The first-order chi connectivity index (χ1) is 8.50. The summed E-state index contributed by atoms with van der Waals surface area (Å²) in [5, 5.41) is 9.58. The third-order valence-corrected chi connectivity index (χ3v) is 4.03. The molecule has 3 N–H and O–H groups in total. The Labute approximate surface area is 115 Å². The van der Waals surface area contributed by atoms with Gasteiger partial charge in [-0.25, -0.2) is 0 Å². The van der Waals surface area contributed by atoms with Crippen molar-refractivity contribution in [1.82, 2.24) is 0 Å². The summed E-state index contributed by atoms with van der Waals surface area (Å²) in [5.74, 6) is -0.275.